The Hall–Kier alpha value is -3.75. The van der Waals surface area contributed by atoms with Crippen LogP contribution < -0.4 is 15.7 Å². The van der Waals surface area contributed by atoms with E-state index in [1.54, 1.807) is 12.1 Å². The van der Waals surface area contributed by atoms with Crippen LogP contribution in [0.25, 0.3) is 21.9 Å². The molecule has 0 bridgehead atoms. The van der Waals surface area contributed by atoms with Gasteiger partial charge in [-0.25, -0.2) is 4.79 Å². The summed E-state index contributed by atoms with van der Waals surface area (Å²) in [5, 5.41) is 5.18. The van der Waals surface area contributed by atoms with Crippen LogP contribution in [0.4, 0.5) is 5.69 Å². The van der Waals surface area contributed by atoms with E-state index in [9.17, 15) is 9.59 Å². The van der Waals surface area contributed by atoms with E-state index in [2.05, 4.69) is 21.2 Å². The topological polar surface area (TPSA) is 87.9 Å². The summed E-state index contributed by atoms with van der Waals surface area (Å²) in [5.74, 6) is 0.753. The minimum Gasteiger partial charge on any atom is -0.493 e. The Balaban J connectivity index is 0.968. The maximum atomic E-state index is 13.1. The smallest absolute Gasteiger partial charge is 0.336 e. The molecule has 1 amide bonds. The molecule has 6 rings (SSSR count). The molecular formula is C31H34N4O4. The second kappa shape index (κ2) is 11.6. The van der Waals surface area contributed by atoms with Crippen LogP contribution in [0, 0.1) is 0 Å². The number of pyridine rings is 1. The van der Waals surface area contributed by atoms with E-state index in [0.29, 0.717) is 24.5 Å². The molecule has 1 saturated heterocycles. The summed E-state index contributed by atoms with van der Waals surface area (Å²) >= 11 is 0. The van der Waals surface area contributed by atoms with Gasteiger partial charge in [-0.1, -0.05) is 18.2 Å². The number of carbonyl (C=O) groups is 1. The molecule has 2 aromatic heterocycles. The first kappa shape index (κ1) is 25.5. The first-order valence-electron chi connectivity index (χ1n) is 13.9. The zero-order chi connectivity index (χ0) is 26.6. The Morgan fingerprint density at radius 2 is 1.77 bits per heavy atom. The van der Waals surface area contributed by atoms with Crippen molar-refractivity contribution in [2.75, 3.05) is 51.2 Å². The second-order valence-electron chi connectivity index (χ2n) is 10.5. The number of benzene rings is 2. The Morgan fingerprint density at radius 1 is 0.974 bits per heavy atom. The predicted molar refractivity (Wildman–Crippen MR) is 152 cm³/mol. The molecule has 3 heterocycles. The van der Waals surface area contributed by atoms with E-state index in [1.165, 1.54) is 11.6 Å². The summed E-state index contributed by atoms with van der Waals surface area (Å²) in [4.78, 5) is 34.1. The number of fused-ring (bicyclic) bond motifs is 3. The summed E-state index contributed by atoms with van der Waals surface area (Å²) in [7, 11) is 0. The van der Waals surface area contributed by atoms with Crippen molar-refractivity contribution >= 4 is 33.5 Å². The lowest BCUT2D eigenvalue weighted by atomic mass is 9.92. The number of piperazine rings is 1. The summed E-state index contributed by atoms with van der Waals surface area (Å²) < 4.78 is 11.1. The van der Waals surface area contributed by atoms with E-state index in [-0.39, 0.29) is 11.5 Å². The Kier molecular flexibility index (Phi) is 7.56. The quantitative estimate of drug-likeness (QED) is 0.271. The molecule has 202 valence electrons. The van der Waals surface area contributed by atoms with Crippen LogP contribution >= 0.6 is 0 Å². The van der Waals surface area contributed by atoms with Gasteiger partial charge in [-0.3, -0.25) is 14.7 Å². The Bertz CT molecular complexity index is 1540. The molecule has 39 heavy (non-hydrogen) atoms. The van der Waals surface area contributed by atoms with E-state index in [0.717, 1.165) is 92.5 Å². The molecule has 8 nitrogen and oxygen atoms in total. The number of rotatable bonds is 8. The number of nitrogens with zero attached hydrogens (tertiary/aromatic N) is 3. The van der Waals surface area contributed by atoms with Gasteiger partial charge in [0.1, 0.15) is 11.3 Å². The first-order chi connectivity index (χ1) is 19.1. The van der Waals surface area contributed by atoms with Gasteiger partial charge in [0.25, 0.3) is 0 Å². The second-order valence-corrected chi connectivity index (χ2v) is 10.5. The first-order valence-corrected chi connectivity index (χ1v) is 13.9. The number of ether oxygens (including phenoxy) is 1. The van der Waals surface area contributed by atoms with Crippen LogP contribution in [0.5, 0.6) is 5.75 Å². The van der Waals surface area contributed by atoms with Crippen LogP contribution in [0.3, 0.4) is 0 Å². The summed E-state index contributed by atoms with van der Waals surface area (Å²) in [6, 6.07) is 16.9. The van der Waals surface area contributed by atoms with Gasteiger partial charge in [0.15, 0.2) is 0 Å². The summed E-state index contributed by atoms with van der Waals surface area (Å²) in [5.41, 5.74) is 4.46. The number of nitrogens with one attached hydrogen (secondary N) is 1. The third-order valence-corrected chi connectivity index (χ3v) is 7.75. The number of para-hydroxylation sites is 1. The molecule has 1 aliphatic carbocycles. The van der Waals surface area contributed by atoms with Crippen LogP contribution in [0.2, 0.25) is 0 Å². The molecule has 4 aromatic rings. The molecule has 1 aliphatic heterocycles. The summed E-state index contributed by atoms with van der Waals surface area (Å²) in [6.07, 6.45) is 5.16. The van der Waals surface area contributed by atoms with Crippen molar-refractivity contribution in [1.29, 1.82) is 0 Å². The average molecular weight is 527 g/mol. The van der Waals surface area contributed by atoms with Gasteiger partial charge in [-0.15, -0.1) is 0 Å². The number of hydrogen-bond donors (Lipinski definition) is 1. The van der Waals surface area contributed by atoms with E-state index < -0.39 is 0 Å². The minimum atomic E-state index is -0.360. The van der Waals surface area contributed by atoms with Gasteiger partial charge in [0.05, 0.1) is 24.4 Å². The number of aryl methyl sites for hydroxylation is 1. The van der Waals surface area contributed by atoms with Crippen molar-refractivity contribution in [1.82, 2.24) is 14.8 Å². The molecule has 8 heteroatoms. The van der Waals surface area contributed by atoms with Crippen LogP contribution in [-0.2, 0) is 17.6 Å². The highest BCUT2D eigenvalue weighted by Gasteiger charge is 2.22. The minimum absolute atomic E-state index is 0.0483. The molecule has 0 spiro atoms. The molecule has 0 radical (unpaired) electrons. The van der Waals surface area contributed by atoms with Gasteiger partial charge in [-0.2, -0.15) is 0 Å². The van der Waals surface area contributed by atoms with E-state index >= 15 is 0 Å². The standard InChI is InChI=1S/C31H34N4O4/c36-29(33-31-24-6-1-3-8-26(24)32-27-9-4-2-7-25(27)31)21-35-17-15-34(16-18-35)14-5-19-38-23-12-10-22-11-13-30(37)39-28(22)20-23/h1,3,6,8,10-13,20H,2,4-5,7,9,14-19,21H2,(H,32,33,36). The highest BCUT2D eigenvalue weighted by molar-refractivity contribution is 6.03. The zero-order valence-corrected chi connectivity index (χ0v) is 22.2. The van der Waals surface area contributed by atoms with Crippen molar-refractivity contribution in [3.63, 3.8) is 0 Å². The van der Waals surface area contributed by atoms with Crippen molar-refractivity contribution < 1.29 is 13.9 Å². The number of carbonyl (C=O) groups excluding carboxylic acids is 1. The average Bonchev–Trinajstić information content (AvgIpc) is 2.96. The Labute approximate surface area is 227 Å². The van der Waals surface area contributed by atoms with E-state index in [1.807, 2.05) is 30.3 Å². The monoisotopic (exact) mass is 526 g/mol. The molecule has 0 atom stereocenters. The van der Waals surface area contributed by atoms with Gasteiger partial charge >= 0.3 is 5.63 Å². The Morgan fingerprint density at radius 3 is 2.67 bits per heavy atom. The molecule has 0 unspecified atom stereocenters. The maximum absolute atomic E-state index is 13.1. The predicted octanol–water partition coefficient (Wildman–Crippen LogP) is 4.25. The normalized spacial score (nSPS) is 16.3. The number of aromatic nitrogens is 1. The lowest BCUT2D eigenvalue weighted by Gasteiger charge is -2.34. The lowest BCUT2D eigenvalue weighted by molar-refractivity contribution is -0.117. The fraction of sp³-hybridized carbons (Fsp3) is 0.387. The lowest BCUT2D eigenvalue weighted by Crippen LogP contribution is -2.48. The van der Waals surface area contributed by atoms with Crippen molar-refractivity contribution in [2.45, 2.75) is 32.1 Å². The van der Waals surface area contributed by atoms with Crippen LogP contribution in [0.1, 0.15) is 30.5 Å². The van der Waals surface area contributed by atoms with Crippen molar-refractivity contribution in [2.24, 2.45) is 0 Å². The molecule has 1 fully saturated rings. The fourth-order valence-electron chi connectivity index (χ4n) is 5.68. The van der Waals surface area contributed by atoms with Crippen LogP contribution in [0.15, 0.2) is 63.8 Å². The van der Waals surface area contributed by atoms with Crippen LogP contribution in [-0.4, -0.2) is 66.6 Å². The third kappa shape index (κ3) is 5.97. The molecule has 1 N–H and O–H groups in total. The maximum Gasteiger partial charge on any atom is 0.336 e. The van der Waals surface area contributed by atoms with Crippen molar-refractivity contribution in [3.05, 3.63) is 76.3 Å². The molecule has 0 saturated carbocycles. The molecule has 2 aliphatic rings. The largest absolute Gasteiger partial charge is 0.493 e. The number of amides is 1. The number of anilines is 1. The van der Waals surface area contributed by atoms with Gasteiger partial charge in [-0.05, 0) is 61.9 Å². The fourth-order valence-corrected chi connectivity index (χ4v) is 5.68. The SMILES string of the molecule is O=C(CN1CCN(CCCOc2ccc3ccc(=O)oc3c2)CC1)Nc1c2c(nc3ccccc13)CCCC2. The number of hydrogen-bond acceptors (Lipinski definition) is 7. The third-order valence-electron chi connectivity index (χ3n) is 7.75. The van der Waals surface area contributed by atoms with E-state index in [4.69, 9.17) is 14.1 Å². The van der Waals surface area contributed by atoms with Gasteiger partial charge < -0.3 is 19.4 Å². The highest BCUT2D eigenvalue weighted by atomic mass is 16.5. The zero-order valence-electron chi connectivity index (χ0n) is 22.2. The van der Waals surface area contributed by atoms with Gasteiger partial charge in [0, 0.05) is 61.3 Å². The summed E-state index contributed by atoms with van der Waals surface area (Å²) in [6.45, 7) is 5.54. The van der Waals surface area contributed by atoms with Gasteiger partial charge in [0.2, 0.25) is 5.91 Å². The molecule has 2 aromatic carbocycles. The highest BCUT2D eigenvalue weighted by Crippen LogP contribution is 2.33. The van der Waals surface area contributed by atoms with Crippen molar-refractivity contribution in [3.8, 4) is 5.75 Å². The molecular weight excluding hydrogens is 492 g/mol.